The molecular formula is C6H8F3NO3S. The minimum absolute atomic E-state index is 0.269. The van der Waals surface area contributed by atoms with E-state index in [1.807, 2.05) is 0 Å². The van der Waals surface area contributed by atoms with Gasteiger partial charge in [-0.2, -0.15) is 25.8 Å². The van der Waals surface area contributed by atoms with Crippen molar-refractivity contribution in [1.82, 2.24) is 5.32 Å². The second-order valence-electron chi connectivity index (χ2n) is 2.23. The molecule has 0 aliphatic carbocycles. The summed E-state index contributed by atoms with van der Waals surface area (Å²) in [6, 6.07) is -1.39. The number of methoxy groups -OCH3 is 1. The second kappa shape index (κ2) is 5.08. The first kappa shape index (κ1) is 13.1. The molecule has 0 aromatic carbocycles. The lowest BCUT2D eigenvalue weighted by molar-refractivity contribution is -0.175. The number of nitrogens with one attached hydrogen (secondary N) is 1. The van der Waals surface area contributed by atoms with Gasteiger partial charge in [0.15, 0.2) is 0 Å². The molecule has 0 fully saturated rings. The number of rotatable bonds is 3. The molecule has 0 saturated heterocycles. The van der Waals surface area contributed by atoms with Gasteiger partial charge in [-0.05, 0) is 0 Å². The van der Waals surface area contributed by atoms with Crippen LogP contribution in [0.4, 0.5) is 13.2 Å². The number of amides is 1. The Kier molecular flexibility index (Phi) is 4.75. The zero-order chi connectivity index (χ0) is 11.4. The summed E-state index contributed by atoms with van der Waals surface area (Å²) < 4.78 is 39.3. The molecule has 1 atom stereocenters. The third-order valence-electron chi connectivity index (χ3n) is 1.23. The number of esters is 1. The van der Waals surface area contributed by atoms with Gasteiger partial charge in [0.25, 0.3) is 0 Å². The number of thiol groups is 1. The van der Waals surface area contributed by atoms with Crippen LogP contribution >= 0.6 is 12.6 Å². The van der Waals surface area contributed by atoms with E-state index in [4.69, 9.17) is 0 Å². The number of carbonyl (C=O) groups is 2. The van der Waals surface area contributed by atoms with Crippen LogP contribution < -0.4 is 5.32 Å². The first-order chi connectivity index (χ1) is 6.32. The van der Waals surface area contributed by atoms with Gasteiger partial charge >= 0.3 is 18.1 Å². The van der Waals surface area contributed by atoms with Crippen LogP contribution in [0.25, 0.3) is 0 Å². The zero-order valence-corrected chi connectivity index (χ0v) is 7.98. The van der Waals surface area contributed by atoms with Crippen LogP contribution in [0.2, 0.25) is 0 Å². The van der Waals surface area contributed by atoms with Crippen LogP contribution in [0.3, 0.4) is 0 Å². The van der Waals surface area contributed by atoms with Gasteiger partial charge in [-0.1, -0.05) is 0 Å². The molecule has 0 aliphatic rings. The molecule has 1 N–H and O–H groups in total. The van der Waals surface area contributed by atoms with Crippen molar-refractivity contribution in [2.24, 2.45) is 0 Å². The number of carbonyl (C=O) groups excluding carboxylic acids is 2. The van der Waals surface area contributed by atoms with Crippen LogP contribution in [0.5, 0.6) is 0 Å². The standard InChI is InChI=1S/C6H8F3NO3S/c1-13-4(11)3(2-14)10-5(12)6(7,8)9/h3,14H,2H2,1H3,(H,10,12). The Bertz CT molecular complexity index is 231. The highest BCUT2D eigenvalue weighted by Crippen LogP contribution is 2.14. The molecule has 0 aliphatic heterocycles. The summed E-state index contributed by atoms with van der Waals surface area (Å²) in [5.41, 5.74) is 0. The van der Waals surface area contributed by atoms with Crippen LogP contribution in [0.15, 0.2) is 0 Å². The Labute approximate surface area is 83.2 Å². The number of alkyl halides is 3. The van der Waals surface area contributed by atoms with E-state index < -0.39 is 24.1 Å². The number of halogens is 3. The summed E-state index contributed by atoms with van der Waals surface area (Å²) in [4.78, 5) is 21.1. The van der Waals surface area contributed by atoms with E-state index in [9.17, 15) is 22.8 Å². The molecule has 0 bridgehead atoms. The van der Waals surface area contributed by atoms with Gasteiger partial charge in [-0.15, -0.1) is 0 Å². The van der Waals surface area contributed by atoms with Crippen LogP contribution in [0.1, 0.15) is 0 Å². The Morgan fingerprint density at radius 2 is 2.00 bits per heavy atom. The Hall–Kier alpha value is -0.920. The molecule has 8 heteroatoms. The average molecular weight is 231 g/mol. The monoisotopic (exact) mass is 231 g/mol. The van der Waals surface area contributed by atoms with Crippen molar-refractivity contribution in [1.29, 1.82) is 0 Å². The predicted molar refractivity (Wildman–Crippen MR) is 43.9 cm³/mol. The van der Waals surface area contributed by atoms with Crippen LogP contribution in [-0.4, -0.2) is 37.0 Å². The number of hydrogen-bond acceptors (Lipinski definition) is 4. The maximum Gasteiger partial charge on any atom is 0.471 e. The fourth-order valence-corrected chi connectivity index (χ4v) is 0.802. The first-order valence-electron chi connectivity index (χ1n) is 3.39. The minimum atomic E-state index is -5.02. The summed E-state index contributed by atoms with van der Waals surface area (Å²) in [6.45, 7) is 0. The average Bonchev–Trinajstić information content (AvgIpc) is 2.10. The molecular weight excluding hydrogens is 223 g/mol. The third kappa shape index (κ3) is 3.86. The molecule has 0 radical (unpaired) electrons. The fourth-order valence-electron chi connectivity index (χ4n) is 0.561. The van der Waals surface area contributed by atoms with Gasteiger partial charge < -0.3 is 10.1 Å². The third-order valence-corrected chi connectivity index (χ3v) is 1.60. The smallest absolute Gasteiger partial charge is 0.467 e. The number of ether oxygens (including phenoxy) is 1. The van der Waals surface area contributed by atoms with Crippen molar-refractivity contribution in [3.8, 4) is 0 Å². The molecule has 82 valence electrons. The Morgan fingerprint density at radius 3 is 2.29 bits per heavy atom. The summed E-state index contributed by atoms with van der Waals surface area (Å²) in [6.07, 6.45) is -5.02. The molecule has 4 nitrogen and oxygen atoms in total. The van der Waals surface area contributed by atoms with E-state index in [2.05, 4.69) is 17.4 Å². The zero-order valence-electron chi connectivity index (χ0n) is 7.09. The lowest BCUT2D eigenvalue weighted by Crippen LogP contribution is -2.48. The normalized spacial score (nSPS) is 13.2. The van der Waals surface area contributed by atoms with Crippen molar-refractivity contribution in [2.75, 3.05) is 12.9 Å². The Morgan fingerprint density at radius 1 is 1.50 bits per heavy atom. The van der Waals surface area contributed by atoms with E-state index >= 15 is 0 Å². The van der Waals surface area contributed by atoms with Gasteiger partial charge in [0, 0.05) is 5.75 Å². The molecule has 1 amide bonds. The summed E-state index contributed by atoms with van der Waals surface area (Å²) in [5, 5.41) is 1.44. The molecule has 0 aromatic rings. The summed E-state index contributed by atoms with van der Waals surface area (Å²) >= 11 is 3.60. The van der Waals surface area contributed by atoms with Gasteiger partial charge in [-0.25, -0.2) is 4.79 Å². The van der Waals surface area contributed by atoms with Gasteiger partial charge in [-0.3, -0.25) is 4.79 Å². The van der Waals surface area contributed by atoms with Crippen molar-refractivity contribution in [2.45, 2.75) is 12.2 Å². The van der Waals surface area contributed by atoms with Gasteiger partial charge in [0.05, 0.1) is 7.11 Å². The fraction of sp³-hybridized carbons (Fsp3) is 0.667. The molecule has 14 heavy (non-hydrogen) atoms. The molecule has 0 spiro atoms. The van der Waals surface area contributed by atoms with Gasteiger partial charge in [0.2, 0.25) is 0 Å². The highest BCUT2D eigenvalue weighted by molar-refractivity contribution is 7.80. The SMILES string of the molecule is COC(=O)C(CS)NC(=O)C(F)(F)F. The van der Waals surface area contributed by atoms with E-state index in [0.717, 1.165) is 7.11 Å². The first-order valence-corrected chi connectivity index (χ1v) is 4.02. The highest BCUT2D eigenvalue weighted by atomic mass is 32.1. The van der Waals surface area contributed by atoms with Gasteiger partial charge in [0.1, 0.15) is 6.04 Å². The maximum atomic E-state index is 11.7. The van der Waals surface area contributed by atoms with Crippen molar-refractivity contribution in [3.63, 3.8) is 0 Å². The van der Waals surface area contributed by atoms with E-state index in [1.165, 1.54) is 5.32 Å². The minimum Gasteiger partial charge on any atom is -0.467 e. The molecule has 0 aromatic heterocycles. The molecule has 1 unspecified atom stereocenters. The quantitative estimate of drug-likeness (QED) is 0.536. The number of hydrogen-bond donors (Lipinski definition) is 2. The molecule has 0 rings (SSSR count). The van der Waals surface area contributed by atoms with Crippen molar-refractivity contribution >= 4 is 24.5 Å². The highest BCUT2D eigenvalue weighted by Gasteiger charge is 2.40. The molecule has 0 heterocycles. The lowest BCUT2D eigenvalue weighted by Gasteiger charge is -2.14. The topological polar surface area (TPSA) is 55.4 Å². The van der Waals surface area contributed by atoms with E-state index in [0.29, 0.717) is 0 Å². The van der Waals surface area contributed by atoms with Crippen LogP contribution in [-0.2, 0) is 14.3 Å². The maximum absolute atomic E-state index is 11.7. The van der Waals surface area contributed by atoms with Crippen molar-refractivity contribution in [3.05, 3.63) is 0 Å². The van der Waals surface area contributed by atoms with E-state index in [-0.39, 0.29) is 5.75 Å². The lowest BCUT2D eigenvalue weighted by atomic mass is 10.3. The molecule has 0 saturated carbocycles. The summed E-state index contributed by atoms with van der Waals surface area (Å²) in [7, 11) is 0.999. The predicted octanol–water partition coefficient (Wildman–Crippen LogP) is 0.136. The summed E-state index contributed by atoms with van der Waals surface area (Å²) in [5.74, 6) is -3.44. The largest absolute Gasteiger partial charge is 0.471 e. The van der Waals surface area contributed by atoms with Crippen molar-refractivity contribution < 1.29 is 27.5 Å². The Balaban J connectivity index is 4.34. The second-order valence-corrected chi connectivity index (χ2v) is 2.59. The van der Waals surface area contributed by atoms with E-state index in [1.54, 1.807) is 0 Å². The van der Waals surface area contributed by atoms with Crippen LogP contribution in [0, 0.1) is 0 Å².